The Morgan fingerprint density at radius 2 is 2.04 bits per heavy atom. The number of aliphatic hydroxyl groups excluding tert-OH is 1. The molecule has 1 saturated heterocycles. The molecule has 2 amide bonds. The van der Waals surface area contributed by atoms with E-state index in [0.29, 0.717) is 6.54 Å². The smallest absolute Gasteiger partial charge is 0.314 e. The van der Waals surface area contributed by atoms with Crippen molar-refractivity contribution in [3.8, 4) is 0 Å². The molecule has 0 spiro atoms. The molecule has 1 fully saturated rings. The van der Waals surface area contributed by atoms with Crippen LogP contribution in [0.4, 0.5) is 10.5 Å². The lowest BCUT2D eigenvalue weighted by Crippen LogP contribution is -2.49. The van der Waals surface area contributed by atoms with Crippen LogP contribution in [0.2, 0.25) is 5.02 Å². The van der Waals surface area contributed by atoms with E-state index in [9.17, 15) is 4.79 Å². The minimum Gasteiger partial charge on any atom is -0.392 e. The van der Waals surface area contributed by atoms with Gasteiger partial charge in [-0.05, 0) is 25.1 Å². The van der Waals surface area contributed by atoms with Gasteiger partial charge in [-0.25, -0.2) is 4.79 Å². The monoisotopic (exact) mass is 340 g/mol. The third-order valence-corrected chi connectivity index (χ3v) is 4.05. The molecule has 1 aliphatic heterocycles. The van der Waals surface area contributed by atoms with Gasteiger partial charge < -0.3 is 20.6 Å². The van der Waals surface area contributed by atoms with Gasteiger partial charge in [0.25, 0.3) is 0 Å². The van der Waals surface area contributed by atoms with Gasteiger partial charge in [-0.2, -0.15) is 0 Å². The molecule has 1 aromatic carbocycles. The van der Waals surface area contributed by atoms with E-state index in [1.165, 1.54) is 0 Å². The quantitative estimate of drug-likeness (QED) is 0.726. The van der Waals surface area contributed by atoms with E-state index in [4.69, 9.17) is 16.7 Å². The average molecular weight is 341 g/mol. The van der Waals surface area contributed by atoms with Crippen molar-refractivity contribution in [2.24, 2.45) is 0 Å². The minimum atomic E-state index is -0.527. The number of rotatable bonds is 6. The topological polar surface area (TPSA) is 67.8 Å². The molecule has 0 saturated carbocycles. The number of carbonyl (C=O) groups excluding carboxylic acids is 1. The molecular weight excluding hydrogens is 316 g/mol. The van der Waals surface area contributed by atoms with E-state index in [-0.39, 0.29) is 12.6 Å². The summed E-state index contributed by atoms with van der Waals surface area (Å²) in [5, 5.41) is 15.3. The van der Waals surface area contributed by atoms with Gasteiger partial charge in [0.15, 0.2) is 0 Å². The fraction of sp³-hybridized carbons (Fsp3) is 0.562. The van der Waals surface area contributed by atoms with E-state index < -0.39 is 6.10 Å². The van der Waals surface area contributed by atoms with Crippen molar-refractivity contribution < 1.29 is 9.90 Å². The largest absolute Gasteiger partial charge is 0.392 e. The molecule has 1 heterocycles. The average Bonchev–Trinajstić information content (AvgIpc) is 2.53. The number of halogens is 1. The summed E-state index contributed by atoms with van der Waals surface area (Å²) in [7, 11) is 0. The molecule has 2 rings (SSSR count). The normalized spacial score (nSPS) is 16.9. The lowest BCUT2D eigenvalue weighted by atomic mass is 10.2. The summed E-state index contributed by atoms with van der Waals surface area (Å²) >= 11 is 6.04. The van der Waals surface area contributed by atoms with E-state index in [1.54, 1.807) is 6.92 Å². The lowest BCUT2D eigenvalue weighted by molar-refractivity contribution is 0.187. The number of hydrogen-bond acceptors (Lipinski definition) is 4. The van der Waals surface area contributed by atoms with Crippen LogP contribution in [-0.4, -0.2) is 68.0 Å². The Morgan fingerprint density at radius 3 is 2.70 bits per heavy atom. The maximum atomic E-state index is 11.5. The van der Waals surface area contributed by atoms with Crippen molar-refractivity contribution in [2.75, 3.05) is 50.7 Å². The lowest BCUT2D eigenvalue weighted by Gasteiger charge is -2.36. The molecule has 1 aromatic rings. The van der Waals surface area contributed by atoms with Crippen molar-refractivity contribution in [3.63, 3.8) is 0 Å². The van der Waals surface area contributed by atoms with Crippen LogP contribution in [-0.2, 0) is 0 Å². The molecule has 0 bridgehead atoms. The maximum Gasteiger partial charge on any atom is 0.314 e. The number of hydrogen-bond donors (Lipinski definition) is 3. The number of nitrogens with zero attached hydrogens (tertiary/aromatic N) is 2. The molecule has 6 nitrogen and oxygen atoms in total. The Hall–Kier alpha value is -1.50. The van der Waals surface area contributed by atoms with Crippen LogP contribution in [0.5, 0.6) is 0 Å². The van der Waals surface area contributed by atoms with Gasteiger partial charge in [0.2, 0.25) is 0 Å². The predicted molar refractivity (Wildman–Crippen MR) is 93.2 cm³/mol. The summed E-state index contributed by atoms with van der Waals surface area (Å²) in [6.45, 7) is 7.16. The summed E-state index contributed by atoms with van der Waals surface area (Å²) in [5.41, 5.74) is 1.16. The minimum absolute atomic E-state index is 0.233. The molecule has 128 valence electrons. The fourth-order valence-electron chi connectivity index (χ4n) is 2.53. The van der Waals surface area contributed by atoms with Crippen molar-refractivity contribution in [3.05, 3.63) is 29.3 Å². The summed E-state index contributed by atoms with van der Waals surface area (Å²) in [6, 6.07) is 7.69. The van der Waals surface area contributed by atoms with E-state index in [0.717, 1.165) is 43.4 Å². The van der Waals surface area contributed by atoms with Gasteiger partial charge >= 0.3 is 6.03 Å². The van der Waals surface area contributed by atoms with Crippen molar-refractivity contribution >= 4 is 23.3 Å². The highest BCUT2D eigenvalue weighted by atomic mass is 35.5. The summed E-state index contributed by atoms with van der Waals surface area (Å²) in [5.74, 6) is 0. The Morgan fingerprint density at radius 1 is 1.30 bits per heavy atom. The number of urea groups is 1. The summed E-state index contributed by atoms with van der Waals surface area (Å²) < 4.78 is 0. The van der Waals surface area contributed by atoms with Gasteiger partial charge in [-0.1, -0.05) is 17.7 Å². The summed E-state index contributed by atoms with van der Waals surface area (Å²) in [6.07, 6.45) is -0.527. The predicted octanol–water partition coefficient (Wildman–Crippen LogP) is 1.14. The highest BCUT2D eigenvalue weighted by molar-refractivity contribution is 6.30. The standard InChI is InChI=1S/C16H25ClN4O2/c1-13(22)12-19-16(23)18-5-6-20-7-9-21(10-8-20)15-4-2-3-14(17)11-15/h2-4,11,13,22H,5-10,12H2,1H3,(H2,18,19,23)/t13-/m1/s1. The third-order valence-electron chi connectivity index (χ3n) is 3.82. The zero-order valence-corrected chi connectivity index (χ0v) is 14.2. The van der Waals surface area contributed by atoms with E-state index in [1.807, 2.05) is 18.2 Å². The number of benzene rings is 1. The first-order valence-corrected chi connectivity index (χ1v) is 8.35. The van der Waals surface area contributed by atoms with Crippen LogP contribution in [0, 0.1) is 0 Å². The first kappa shape index (κ1) is 17.8. The Kier molecular flexibility index (Phi) is 6.95. The number of amides is 2. The third kappa shape index (κ3) is 6.25. The first-order chi connectivity index (χ1) is 11.0. The van der Waals surface area contributed by atoms with E-state index in [2.05, 4.69) is 26.5 Å². The zero-order valence-electron chi connectivity index (χ0n) is 13.5. The molecule has 23 heavy (non-hydrogen) atoms. The fourth-order valence-corrected chi connectivity index (χ4v) is 2.72. The van der Waals surface area contributed by atoms with Crippen LogP contribution in [0.25, 0.3) is 0 Å². The van der Waals surface area contributed by atoms with Crippen LogP contribution in [0.15, 0.2) is 24.3 Å². The van der Waals surface area contributed by atoms with Gasteiger partial charge in [-0.3, -0.25) is 4.90 Å². The van der Waals surface area contributed by atoms with Crippen LogP contribution in [0.3, 0.4) is 0 Å². The second-order valence-corrected chi connectivity index (χ2v) is 6.23. The molecule has 0 radical (unpaired) electrons. The first-order valence-electron chi connectivity index (χ1n) is 7.97. The molecule has 0 aliphatic carbocycles. The van der Waals surface area contributed by atoms with Gasteiger partial charge in [0.1, 0.15) is 0 Å². The molecule has 7 heteroatoms. The van der Waals surface area contributed by atoms with E-state index >= 15 is 0 Å². The molecule has 1 aliphatic rings. The maximum absolute atomic E-state index is 11.5. The van der Waals surface area contributed by atoms with Crippen LogP contribution < -0.4 is 15.5 Å². The second-order valence-electron chi connectivity index (χ2n) is 5.79. The molecule has 1 atom stereocenters. The SMILES string of the molecule is C[C@@H](O)CNC(=O)NCCN1CCN(c2cccc(Cl)c2)CC1. The molecule has 0 aromatic heterocycles. The molecule has 3 N–H and O–H groups in total. The molecular formula is C16H25ClN4O2. The van der Waals surface area contributed by atoms with Crippen molar-refractivity contribution in [2.45, 2.75) is 13.0 Å². The second kappa shape index (κ2) is 8.96. The number of nitrogens with one attached hydrogen (secondary N) is 2. The molecule has 0 unspecified atom stereocenters. The number of aliphatic hydroxyl groups is 1. The number of piperazine rings is 1. The zero-order chi connectivity index (χ0) is 16.7. The number of carbonyl (C=O) groups is 1. The van der Waals surface area contributed by atoms with Crippen LogP contribution >= 0.6 is 11.6 Å². The van der Waals surface area contributed by atoms with Gasteiger partial charge in [-0.15, -0.1) is 0 Å². The Bertz CT molecular complexity index is 505. The Balaban J connectivity index is 1.64. The van der Waals surface area contributed by atoms with Crippen molar-refractivity contribution in [1.29, 1.82) is 0 Å². The van der Waals surface area contributed by atoms with Gasteiger partial charge in [0, 0.05) is 56.5 Å². The van der Waals surface area contributed by atoms with Crippen molar-refractivity contribution in [1.82, 2.24) is 15.5 Å². The highest BCUT2D eigenvalue weighted by Gasteiger charge is 2.17. The van der Waals surface area contributed by atoms with Gasteiger partial charge in [0.05, 0.1) is 6.10 Å². The number of anilines is 1. The Labute approximate surface area is 142 Å². The highest BCUT2D eigenvalue weighted by Crippen LogP contribution is 2.20. The van der Waals surface area contributed by atoms with Crippen LogP contribution in [0.1, 0.15) is 6.92 Å². The summed E-state index contributed by atoms with van der Waals surface area (Å²) in [4.78, 5) is 16.1.